The molecule has 0 amide bonds. The highest BCUT2D eigenvalue weighted by atomic mass is 16.5. The van der Waals surface area contributed by atoms with E-state index in [-0.39, 0.29) is 5.71 Å². The Morgan fingerprint density at radius 3 is 2.63 bits per heavy atom. The van der Waals surface area contributed by atoms with Crippen molar-refractivity contribution in [3.63, 3.8) is 0 Å². The third-order valence-electron chi connectivity index (χ3n) is 7.01. The SMILES string of the molecule is Cc1cnnc(C)c1COc1ccc(N)c(C(=N)c2cc(C#N)cc(N3CC4(CN(C)C4)C3)c2)c1. The zero-order valence-electron chi connectivity index (χ0n) is 20.3. The molecule has 1 aromatic heterocycles. The first-order valence-electron chi connectivity index (χ1n) is 11.6. The Morgan fingerprint density at radius 1 is 1.17 bits per heavy atom. The molecule has 5 rings (SSSR count). The summed E-state index contributed by atoms with van der Waals surface area (Å²) in [6, 6.07) is 13.2. The Morgan fingerprint density at radius 2 is 1.94 bits per heavy atom. The van der Waals surface area contributed by atoms with Crippen molar-refractivity contribution in [2.24, 2.45) is 5.41 Å². The molecule has 0 unspecified atom stereocenters. The maximum absolute atomic E-state index is 9.63. The van der Waals surface area contributed by atoms with Gasteiger partial charge in [0.1, 0.15) is 12.4 Å². The molecule has 2 saturated heterocycles. The monoisotopic (exact) mass is 467 g/mol. The average molecular weight is 468 g/mol. The van der Waals surface area contributed by atoms with E-state index in [9.17, 15) is 5.26 Å². The van der Waals surface area contributed by atoms with Crippen molar-refractivity contribution in [2.75, 3.05) is 43.9 Å². The molecule has 2 aromatic carbocycles. The van der Waals surface area contributed by atoms with E-state index in [1.54, 1.807) is 30.5 Å². The molecule has 0 atom stereocenters. The van der Waals surface area contributed by atoms with Gasteiger partial charge < -0.3 is 20.3 Å². The van der Waals surface area contributed by atoms with Crippen molar-refractivity contribution in [1.82, 2.24) is 15.1 Å². The standard InChI is InChI=1S/C27H29N7O/c1-17-11-31-32-18(2)24(17)12-35-22-4-5-25(29)23(9-22)26(30)20-6-19(10-28)7-21(8-20)34-15-27(16-34)13-33(3)14-27/h4-9,11,30H,12-16,29H2,1-3H3. The molecule has 1 spiro atoms. The number of benzene rings is 2. The van der Waals surface area contributed by atoms with Gasteiger partial charge in [-0.2, -0.15) is 15.5 Å². The summed E-state index contributed by atoms with van der Waals surface area (Å²) in [6.07, 6.45) is 1.72. The number of ether oxygens (including phenoxy) is 1. The molecule has 35 heavy (non-hydrogen) atoms. The fourth-order valence-corrected chi connectivity index (χ4v) is 5.24. The summed E-state index contributed by atoms with van der Waals surface area (Å²) in [6.45, 7) is 8.42. The van der Waals surface area contributed by atoms with E-state index in [1.807, 2.05) is 26.0 Å². The van der Waals surface area contributed by atoms with Gasteiger partial charge in [-0.1, -0.05) is 0 Å². The predicted molar refractivity (Wildman–Crippen MR) is 136 cm³/mol. The molecule has 2 fully saturated rings. The lowest BCUT2D eigenvalue weighted by molar-refractivity contribution is -0.00239. The third-order valence-corrected chi connectivity index (χ3v) is 7.01. The van der Waals surface area contributed by atoms with Crippen LogP contribution in [-0.4, -0.2) is 54.0 Å². The second kappa shape index (κ2) is 8.67. The average Bonchev–Trinajstić information content (AvgIpc) is 2.80. The number of likely N-dealkylation sites (tertiary alicyclic amines) is 1. The van der Waals surface area contributed by atoms with E-state index >= 15 is 0 Å². The van der Waals surface area contributed by atoms with Gasteiger partial charge >= 0.3 is 0 Å². The van der Waals surface area contributed by atoms with E-state index in [4.69, 9.17) is 15.9 Å². The van der Waals surface area contributed by atoms with Crippen LogP contribution in [0.15, 0.2) is 42.6 Å². The number of nitrogens with two attached hydrogens (primary N) is 1. The Labute approximate surface area is 205 Å². The van der Waals surface area contributed by atoms with Crippen LogP contribution in [0.25, 0.3) is 0 Å². The van der Waals surface area contributed by atoms with Gasteiger partial charge in [-0.25, -0.2) is 0 Å². The van der Waals surface area contributed by atoms with Gasteiger partial charge in [0.25, 0.3) is 0 Å². The van der Waals surface area contributed by atoms with Crippen LogP contribution in [0.2, 0.25) is 0 Å². The molecule has 0 radical (unpaired) electrons. The van der Waals surface area contributed by atoms with Crippen molar-refractivity contribution in [3.05, 3.63) is 76.1 Å². The van der Waals surface area contributed by atoms with Crippen LogP contribution in [-0.2, 0) is 6.61 Å². The van der Waals surface area contributed by atoms with E-state index in [0.717, 1.165) is 48.7 Å². The zero-order valence-corrected chi connectivity index (χ0v) is 20.3. The summed E-state index contributed by atoms with van der Waals surface area (Å²) in [4.78, 5) is 4.62. The van der Waals surface area contributed by atoms with Crippen molar-refractivity contribution in [1.29, 1.82) is 10.7 Å². The summed E-state index contributed by atoms with van der Waals surface area (Å²) in [7, 11) is 2.14. The molecule has 3 aromatic rings. The van der Waals surface area contributed by atoms with Gasteiger partial charge in [0.05, 0.1) is 29.2 Å². The molecule has 178 valence electrons. The summed E-state index contributed by atoms with van der Waals surface area (Å²) in [5, 5.41) is 26.6. The number of nitrogen functional groups attached to an aromatic ring is 1. The topological polar surface area (TPSA) is 115 Å². The molecular weight excluding hydrogens is 438 g/mol. The van der Waals surface area contributed by atoms with Crippen molar-refractivity contribution < 1.29 is 4.74 Å². The highest BCUT2D eigenvalue weighted by Gasteiger charge is 2.50. The van der Waals surface area contributed by atoms with E-state index in [0.29, 0.717) is 40.1 Å². The minimum atomic E-state index is 0.267. The first-order chi connectivity index (χ1) is 16.8. The molecule has 0 saturated carbocycles. The van der Waals surface area contributed by atoms with Gasteiger partial charge in [0.2, 0.25) is 0 Å². The zero-order chi connectivity index (χ0) is 24.7. The predicted octanol–water partition coefficient (Wildman–Crippen LogP) is 3.29. The minimum Gasteiger partial charge on any atom is -0.489 e. The number of nitrogens with one attached hydrogen (secondary N) is 1. The van der Waals surface area contributed by atoms with Crippen molar-refractivity contribution in [2.45, 2.75) is 20.5 Å². The Bertz CT molecular complexity index is 1330. The molecule has 0 aliphatic carbocycles. The van der Waals surface area contributed by atoms with Crippen LogP contribution in [0.3, 0.4) is 0 Å². The van der Waals surface area contributed by atoms with Gasteiger partial charge in [-0.3, -0.25) is 5.41 Å². The maximum atomic E-state index is 9.63. The van der Waals surface area contributed by atoms with Gasteiger partial charge in [-0.15, -0.1) is 0 Å². The van der Waals surface area contributed by atoms with E-state index in [1.165, 1.54) is 0 Å². The van der Waals surface area contributed by atoms with Gasteiger partial charge in [0, 0.05) is 59.7 Å². The smallest absolute Gasteiger partial charge is 0.120 e. The second-order valence-corrected chi connectivity index (χ2v) is 9.91. The number of aryl methyl sites for hydroxylation is 2. The quantitative estimate of drug-likeness (QED) is 0.422. The Hall–Kier alpha value is -3.96. The number of hydrogen-bond donors (Lipinski definition) is 2. The third kappa shape index (κ3) is 4.31. The van der Waals surface area contributed by atoms with Gasteiger partial charge in [-0.05, 0) is 62.9 Å². The fourth-order valence-electron chi connectivity index (χ4n) is 5.24. The normalized spacial score (nSPS) is 16.3. The van der Waals surface area contributed by atoms with Gasteiger partial charge in [0.15, 0.2) is 0 Å². The van der Waals surface area contributed by atoms with Crippen molar-refractivity contribution >= 4 is 17.1 Å². The lowest BCUT2D eigenvalue weighted by Gasteiger charge is -2.60. The number of aromatic nitrogens is 2. The molecular formula is C27H29N7O. The second-order valence-electron chi connectivity index (χ2n) is 9.91. The van der Waals surface area contributed by atoms with Crippen LogP contribution >= 0.6 is 0 Å². The molecule has 3 N–H and O–H groups in total. The largest absolute Gasteiger partial charge is 0.489 e. The van der Waals surface area contributed by atoms with Crippen LogP contribution in [0, 0.1) is 36.0 Å². The molecule has 8 nitrogen and oxygen atoms in total. The molecule has 0 bridgehead atoms. The Balaban J connectivity index is 1.37. The lowest BCUT2D eigenvalue weighted by Crippen LogP contribution is -2.71. The number of anilines is 2. The van der Waals surface area contributed by atoms with Crippen LogP contribution in [0.1, 0.15) is 33.5 Å². The van der Waals surface area contributed by atoms with Crippen LogP contribution < -0.4 is 15.4 Å². The van der Waals surface area contributed by atoms with E-state index in [2.05, 4.69) is 33.1 Å². The lowest BCUT2D eigenvalue weighted by atomic mass is 9.73. The van der Waals surface area contributed by atoms with Crippen LogP contribution in [0.4, 0.5) is 11.4 Å². The molecule has 3 heterocycles. The summed E-state index contributed by atoms with van der Waals surface area (Å²) in [5.41, 5.74) is 13.0. The summed E-state index contributed by atoms with van der Waals surface area (Å²) >= 11 is 0. The number of rotatable bonds is 6. The summed E-state index contributed by atoms with van der Waals surface area (Å²) < 4.78 is 6.03. The first-order valence-corrected chi connectivity index (χ1v) is 11.6. The minimum absolute atomic E-state index is 0.267. The molecule has 8 heteroatoms. The van der Waals surface area contributed by atoms with Crippen molar-refractivity contribution in [3.8, 4) is 11.8 Å². The molecule has 2 aliphatic heterocycles. The number of hydrogen-bond acceptors (Lipinski definition) is 8. The highest BCUT2D eigenvalue weighted by Crippen LogP contribution is 2.41. The number of nitrogens with zero attached hydrogens (tertiary/aromatic N) is 5. The van der Waals surface area contributed by atoms with E-state index < -0.39 is 0 Å². The number of nitriles is 1. The maximum Gasteiger partial charge on any atom is 0.120 e. The first kappa shape index (κ1) is 22.8. The molecule has 2 aliphatic rings. The van der Waals surface area contributed by atoms with Crippen LogP contribution in [0.5, 0.6) is 5.75 Å². The fraction of sp³-hybridized carbons (Fsp3) is 0.333. The highest BCUT2D eigenvalue weighted by molar-refractivity contribution is 6.14. The summed E-state index contributed by atoms with van der Waals surface area (Å²) in [5.74, 6) is 0.616. The Kier molecular flexibility index (Phi) is 5.65.